The lowest BCUT2D eigenvalue weighted by Crippen LogP contribution is -2.42. The molecule has 5 atom stereocenters. The van der Waals surface area contributed by atoms with Gasteiger partial charge >= 0.3 is 18.3 Å². The highest BCUT2D eigenvalue weighted by molar-refractivity contribution is 6.32. The van der Waals surface area contributed by atoms with Gasteiger partial charge in [-0.15, -0.1) is 0 Å². The van der Waals surface area contributed by atoms with Crippen LogP contribution in [0.2, 0.25) is 20.1 Å². The van der Waals surface area contributed by atoms with Crippen molar-refractivity contribution >= 4 is 140 Å². The number of anilines is 10. The normalized spacial score (nSPS) is 18.2. The maximum atomic E-state index is 12.4. The number of guanidine groups is 1. The fraction of sp³-hybridized carbons (Fsp3) is 0.447. The number of aliphatic imine (C=N–C) groups is 1. The van der Waals surface area contributed by atoms with Gasteiger partial charge in [-0.05, 0) is 224 Å². The molecular weight excluding hydrogens is 1470 g/mol. The predicted octanol–water partition coefficient (Wildman–Crippen LogP) is 16.9. The van der Waals surface area contributed by atoms with E-state index in [-0.39, 0.29) is 41.9 Å². The number of amides is 3. The predicted molar refractivity (Wildman–Crippen MR) is 433 cm³/mol. The molecule has 5 aliphatic heterocycles. The van der Waals surface area contributed by atoms with Gasteiger partial charge in [0.05, 0.1) is 12.1 Å². The summed E-state index contributed by atoms with van der Waals surface area (Å²) in [5.74, 6) is 4.34. The Morgan fingerprint density at radius 3 is 1.13 bits per heavy atom. The number of carbonyl (C=O) groups excluding carboxylic acids is 3. The molecule has 5 aliphatic rings. The van der Waals surface area contributed by atoms with Crippen LogP contribution in [0.15, 0.2) is 151 Å². The Balaban J connectivity index is 0.000000173. The van der Waals surface area contributed by atoms with Crippen LogP contribution >= 0.6 is 58.0 Å². The van der Waals surface area contributed by atoms with Gasteiger partial charge in [-0.25, -0.2) is 34.3 Å². The van der Waals surface area contributed by atoms with Crippen molar-refractivity contribution in [2.24, 2.45) is 10.7 Å². The first-order chi connectivity index (χ1) is 51.0. The SMILES string of the molecule is CC(C)(C)OC(=O)N1CCC[C@H]1CN.CC(C)(C)OC(=O)N1CCC[C@H]1CNc1ccnc(Nc2cccc(Cl)c2)n1.CC(C)(C)OC(=O)N1CCC[C@H]1CNc1ccnc(Nc2cccc(Cl)c2)n1.CN1CCC[C@H]1CNc1ccnc(Nc2cccc(Cl)c2)n1.Clc1cccc(NC2=NC(Cl)C=CN2)c1. The molecule has 0 radical (unpaired) electrons. The van der Waals surface area contributed by atoms with Gasteiger partial charge in [0.25, 0.3) is 0 Å². The number of alkyl halides is 1. The molecule has 1 unspecified atom stereocenters. The van der Waals surface area contributed by atoms with Crippen LogP contribution in [-0.4, -0.2) is 180 Å². The molecule has 31 heteroatoms. The summed E-state index contributed by atoms with van der Waals surface area (Å²) in [7, 11) is 2.17. The van der Waals surface area contributed by atoms with Crippen LogP contribution in [0.1, 0.15) is 114 Å². The Labute approximate surface area is 653 Å². The van der Waals surface area contributed by atoms with E-state index in [9.17, 15) is 14.4 Å². The number of benzene rings is 4. The fourth-order valence-electron chi connectivity index (χ4n) is 11.6. The minimum atomic E-state index is -0.495. The van der Waals surface area contributed by atoms with Crippen molar-refractivity contribution in [1.82, 2.24) is 54.8 Å². The molecule has 107 heavy (non-hydrogen) atoms. The molecule has 26 nitrogen and oxygen atoms in total. The second kappa shape index (κ2) is 40.9. The third kappa shape index (κ3) is 30.0. The summed E-state index contributed by atoms with van der Waals surface area (Å²) in [6.45, 7) is 22.9. The topological polar surface area (TPSA) is 304 Å². The van der Waals surface area contributed by atoms with Gasteiger partial charge in [-0.3, -0.25) is 0 Å². The molecule has 7 aromatic rings. The van der Waals surface area contributed by atoms with E-state index < -0.39 is 16.8 Å². The maximum Gasteiger partial charge on any atom is 0.410 e. The van der Waals surface area contributed by atoms with Crippen LogP contribution in [0.25, 0.3) is 0 Å². The molecule has 4 fully saturated rings. The van der Waals surface area contributed by atoms with Gasteiger partial charge in [0.1, 0.15) is 39.8 Å². The number of hydrogen-bond donors (Lipinski definition) is 9. The summed E-state index contributed by atoms with van der Waals surface area (Å²) in [4.78, 5) is 74.5. The molecule has 4 aromatic carbocycles. The summed E-state index contributed by atoms with van der Waals surface area (Å²) < 4.78 is 16.3. The van der Waals surface area contributed by atoms with Crippen LogP contribution in [0.4, 0.5) is 72.4 Å². The molecule has 0 bridgehead atoms. The molecule has 3 amide bonds. The van der Waals surface area contributed by atoms with Gasteiger partial charge in [-0.1, -0.05) is 82.3 Å². The number of rotatable bonds is 17. The average Bonchev–Trinajstić information content (AvgIpc) is 1.78. The Kier molecular flexibility index (Phi) is 32.0. The lowest BCUT2D eigenvalue weighted by molar-refractivity contribution is 0.0222. The summed E-state index contributed by atoms with van der Waals surface area (Å²) in [5, 5.41) is 28.1. The van der Waals surface area contributed by atoms with Crippen LogP contribution in [-0.2, 0) is 14.2 Å². The first kappa shape index (κ1) is 83.7. The lowest BCUT2D eigenvalue weighted by atomic mass is 10.2. The van der Waals surface area contributed by atoms with E-state index in [0.717, 1.165) is 80.2 Å². The molecule has 0 saturated carbocycles. The zero-order chi connectivity index (χ0) is 77.1. The number of likely N-dealkylation sites (N-methyl/N-ethyl adjacent to an activating group) is 1. The van der Waals surface area contributed by atoms with Crippen LogP contribution < -0.4 is 48.3 Å². The van der Waals surface area contributed by atoms with E-state index >= 15 is 0 Å². The zero-order valence-corrected chi connectivity index (χ0v) is 66.2. The van der Waals surface area contributed by atoms with Crippen molar-refractivity contribution in [2.75, 3.05) is 96.6 Å². The third-order valence-electron chi connectivity index (χ3n) is 16.5. The summed E-state index contributed by atoms with van der Waals surface area (Å²) in [5.41, 5.74) is 7.22. The minimum Gasteiger partial charge on any atom is -0.444 e. The molecule has 10 N–H and O–H groups in total. The third-order valence-corrected chi connectivity index (χ3v) is 17.7. The van der Waals surface area contributed by atoms with Gasteiger partial charge in [-0.2, -0.15) is 15.0 Å². The van der Waals surface area contributed by atoms with E-state index in [2.05, 4.69) is 89.4 Å². The highest BCUT2D eigenvalue weighted by Crippen LogP contribution is 2.28. The number of nitrogens with two attached hydrogens (primary N) is 1. The van der Waals surface area contributed by atoms with Crippen molar-refractivity contribution in [1.29, 1.82) is 0 Å². The van der Waals surface area contributed by atoms with Crippen molar-refractivity contribution in [3.63, 3.8) is 0 Å². The minimum absolute atomic E-state index is 0.0779. The highest BCUT2D eigenvalue weighted by Gasteiger charge is 2.35. The largest absolute Gasteiger partial charge is 0.444 e. The second-order valence-corrected chi connectivity index (χ2v) is 30.9. The Hall–Kier alpha value is -8.89. The van der Waals surface area contributed by atoms with E-state index in [0.29, 0.717) is 94.3 Å². The molecule has 0 spiro atoms. The molecule has 576 valence electrons. The van der Waals surface area contributed by atoms with Crippen molar-refractivity contribution in [3.8, 4) is 0 Å². The highest BCUT2D eigenvalue weighted by atomic mass is 35.5. The number of likely N-dealkylation sites (tertiary alicyclic amines) is 4. The monoisotopic (exact) mass is 1560 g/mol. The average molecular weight is 1570 g/mol. The molecule has 12 rings (SSSR count). The number of carbonyl (C=O) groups is 3. The van der Waals surface area contributed by atoms with E-state index in [4.69, 9.17) is 77.9 Å². The van der Waals surface area contributed by atoms with Crippen molar-refractivity contribution < 1.29 is 28.6 Å². The second-order valence-electron chi connectivity index (χ2n) is 28.8. The van der Waals surface area contributed by atoms with E-state index in [1.165, 1.54) is 19.4 Å². The maximum absolute atomic E-state index is 12.4. The smallest absolute Gasteiger partial charge is 0.410 e. The molecule has 3 aromatic heterocycles. The first-order valence-corrected chi connectivity index (χ1v) is 37.8. The number of ether oxygens (including phenoxy) is 3. The van der Waals surface area contributed by atoms with Crippen LogP contribution in [0, 0.1) is 0 Å². The Morgan fingerprint density at radius 1 is 0.477 bits per heavy atom. The standard InChI is InChI=1S/2C20H26ClN5O2.C16H20ClN5.C10H9Cl2N3.C10H20N2O2/c2*1-20(2,3)28-19(27)26-11-5-8-16(26)13-23-17-9-10-22-18(25-17)24-15-7-4-6-14(21)12-15;1-22-9-3-6-14(22)11-19-15-7-8-18-16(21-15)20-13-5-2-4-12(17)10-13;11-7-2-1-3-8(6-7)14-10-13-5-4-9(12)15-10;1-10(2,3)14-9(13)12-6-4-5-8(12)7-11/h2*4,6-7,9-10,12,16H,5,8,11,13H2,1-3H3,(H2,22,23,24,25);2,4-5,7-8,10,14H,3,6,9,11H2,1H3,(H2,18,19,20,21);1-6,9H,(H2,13,14,15);8H,4-7,11H2,1-3H3/t2*16-;14-;;8-/m000.0/s1. The molecular formula is C76H101Cl5N20O6. The quantitative estimate of drug-likeness (QED) is 0.0232. The lowest BCUT2D eigenvalue weighted by Gasteiger charge is -2.28. The number of hydrogen-bond acceptors (Lipinski definition) is 23. The number of halogens is 5. The number of nitrogens with zero attached hydrogens (tertiary/aromatic N) is 11. The van der Waals surface area contributed by atoms with Gasteiger partial charge in [0.15, 0.2) is 0 Å². The van der Waals surface area contributed by atoms with E-state index in [1.54, 1.807) is 57.7 Å². The fourth-order valence-corrected chi connectivity index (χ4v) is 12.5. The van der Waals surface area contributed by atoms with Crippen LogP contribution in [0.3, 0.4) is 0 Å². The molecule has 8 heterocycles. The van der Waals surface area contributed by atoms with Gasteiger partial charge < -0.3 is 82.1 Å². The molecule has 4 saturated heterocycles. The van der Waals surface area contributed by atoms with Crippen LogP contribution in [0.5, 0.6) is 0 Å². The summed E-state index contributed by atoms with van der Waals surface area (Å²) >= 11 is 29.7. The first-order valence-electron chi connectivity index (χ1n) is 35.8. The van der Waals surface area contributed by atoms with Crippen molar-refractivity contribution in [2.45, 2.75) is 160 Å². The Bertz CT molecular complexity index is 3910. The summed E-state index contributed by atoms with van der Waals surface area (Å²) in [6.07, 6.45) is 16.2. The molecule has 0 aliphatic carbocycles. The Morgan fingerprint density at radius 2 is 0.804 bits per heavy atom. The van der Waals surface area contributed by atoms with Gasteiger partial charge in [0, 0.05) is 126 Å². The van der Waals surface area contributed by atoms with Crippen molar-refractivity contribution in [3.05, 3.63) is 166 Å². The number of aromatic nitrogens is 6. The zero-order valence-electron chi connectivity index (χ0n) is 62.4. The summed E-state index contributed by atoms with van der Waals surface area (Å²) in [6, 6.07) is 36.0. The van der Waals surface area contributed by atoms with E-state index in [1.807, 2.05) is 165 Å². The van der Waals surface area contributed by atoms with Gasteiger partial charge in [0.2, 0.25) is 23.8 Å². The number of nitrogens with one attached hydrogen (secondary N) is 8.